The van der Waals surface area contributed by atoms with Gasteiger partial charge < -0.3 is 0 Å². The molecule has 0 amide bonds. The van der Waals surface area contributed by atoms with E-state index in [2.05, 4.69) is 58.8 Å². The molecule has 1 aromatic heterocycles. The van der Waals surface area contributed by atoms with Gasteiger partial charge in [-0.2, -0.15) is 0 Å². The quantitative estimate of drug-likeness (QED) is 0.529. The third-order valence-corrected chi connectivity index (χ3v) is 2.43. The Kier molecular flexibility index (Phi) is 2.00. The molecule has 0 atom stereocenters. The molecule has 0 bridgehead atoms. The third kappa shape index (κ3) is 1.43. The average Bonchev–Trinajstić information content (AvgIpc) is 2.05. The summed E-state index contributed by atoms with van der Waals surface area (Å²) in [6.45, 7) is 2.09. The van der Waals surface area contributed by atoms with Crippen molar-refractivity contribution in [1.29, 1.82) is 0 Å². The number of rotatable bonds is 0. The summed E-state index contributed by atoms with van der Waals surface area (Å²) in [5.41, 5.74) is 1.28. The van der Waals surface area contributed by atoms with Crippen LogP contribution in [0.3, 0.4) is 0 Å². The van der Waals surface area contributed by atoms with Crippen molar-refractivity contribution in [2.45, 2.75) is 6.92 Å². The molecule has 0 fully saturated rings. The topological polar surface area (TPSA) is 12.9 Å². The lowest BCUT2D eigenvalue weighted by Gasteiger charge is -1.98. The van der Waals surface area contributed by atoms with Crippen LogP contribution in [0.4, 0.5) is 0 Å². The van der Waals surface area contributed by atoms with Gasteiger partial charge in [-0.05, 0) is 47.0 Å². The molecule has 0 spiro atoms. The van der Waals surface area contributed by atoms with Crippen LogP contribution in [0.2, 0.25) is 0 Å². The van der Waals surface area contributed by atoms with Gasteiger partial charge in [-0.1, -0.05) is 17.7 Å². The third-order valence-electron chi connectivity index (χ3n) is 1.84. The first-order valence-electron chi connectivity index (χ1n) is 3.77. The molecule has 1 nitrogen and oxygen atoms in total. The van der Waals surface area contributed by atoms with Gasteiger partial charge in [-0.15, -0.1) is 0 Å². The maximum Gasteiger partial charge on any atom is 0.101 e. The number of aromatic nitrogens is 1. The van der Waals surface area contributed by atoms with Crippen molar-refractivity contribution in [3.63, 3.8) is 0 Å². The molecule has 0 aliphatic carbocycles. The molecule has 2 heteroatoms. The summed E-state index contributed by atoms with van der Waals surface area (Å²) >= 11 is 2.23. The van der Waals surface area contributed by atoms with Gasteiger partial charge in [0.15, 0.2) is 0 Å². The van der Waals surface area contributed by atoms with Crippen LogP contribution in [0, 0.1) is 10.6 Å². The molecular weight excluding hydrogens is 261 g/mol. The summed E-state index contributed by atoms with van der Waals surface area (Å²) in [6.07, 6.45) is 1.92. The largest absolute Gasteiger partial charge is 0.250 e. The maximum absolute atomic E-state index is 4.24. The standard InChI is InChI=1S/C10H8IN/c1-7-2-3-8-5-10(11)12-6-9(8)4-7/h2-6H,1H3. The Bertz CT molecular complexity index is 382. The molecule has 1 heterocycles. The fraction of sp³-hybridized carbons (Fsp3) is 0.100. The van der Waals surface area contributed by atoms with E-state index in [1.165, 1.54) is 16.3 Å². The molecule has 12 heavy (non-hydrogen) atoms. The molecule has 0 radical (unpaired) electrons. The van der Waals surface area contributed by atoms with Crippen LogP contribution < -0.4 is 0 Å². The Morgan fingerprint density at radius 1 is 1.17 bits per heavy atom. The minimum absolute atomic E-state index is 1.05. The van der Waals surface area contributed by atoms with Crippen molar-refractivity contribution >= 4 is 33.4 Å². The van der Waals surface area contributed by atoms with E-state index in [9.17, 15) is 0 Å². The predicted molar refractivity (Wildman–Crippen MR) is 59.2 cm³/mol. The van der Waals surface area contributed by atoms with E-state index in [4.69, 9.17) is 0 Å². The van der Waals surface area contributed by atoms with Gasteiger partial charge in [0.25, 0.3) is 0 Å². The van der Waals surface area contributed by atoms with Crippen LogP contribution in [0.25, 0.3) is 10.8 Å². The van der Waals surface area contributed by atoms with Gasteiger partial charge in [0.1, 0.15) is 3.70 Å². The van der Waals surface area contributed by atoms with Gasteiger partial charge in [-0.3, -0.25) is 0 Å². The SMILES string of the molecule is Cc1ccc2cc(I)ncc2c1. The van der Waals surface area contributed by atoms with Gasteiger partial charge in [0.05, 0.1) is 0 Å². The molecular formula is C10H8IN. The molecule has 0 aliphatic heterocycles. The van der Waals surface area contributed by atoms with Gasteiger partial charge in [0.2, 0.25) is 0 Å². The lowest BCUT2D eigenvalue weighted by Crippen LogP contribution is -1.81. The number of halogens is 1. The van der Waals surface area contributed by atoms with E-state index in [1.807, 2.05) is 6.20 Å². The lowest BCUT2D eigenvalue weighted by molar-refractivity contribution is 1.30. The highest BCUT2D eigenvalue weighted by molar-refractivity contribution is 14.1. The van der Waals surface area contributed by atoms with Crippen LogP contribution in [0.1, 0.15) is 5.56 Å². The van der Waals surface area contributed by atoms with Crippen LogP contribution in [-0.4, -0.2) is 4.98 Å². The van der Waals surface area contributed by atoms with Crippen LogP contribution in [0.15, 0.2) is 30.5 Å². The predicted octanol–water partition coefficient (Wildman–Crippen LogP) is 3.15. The minimum atomic E-state index is 1.05. The second-order valence-corrected chi connectivity index (χ2v) is 3.96. The molecule has 2 aromatic rings. The van der Waals surface area contributed by atoms with E-state index in [-0.39, 0.29) is 0 Å². The fourth-order valence-electron chi connectivity index (χ4n) is 1.23. The number of benzene rings is 1. The van der Waals surface area contributed by atoms with Gasteiger partial charge >= 0.3 is 0 Å². The first-order chi connectivity index (χ1) is 5.75. The van der Waals surface area contributed by atoms with Gasteiger partial charge in [-0.25, -0.2) is 4.98 Å². The maximum atomic E-state index is 4.24. The summed E-state index contributed by atoms with van der Waals surface area (Å²) in [4.78, 5) is 4.24. The van der Waals surface area contributed by atoms with Gasteiger partial charge in [0, 0.05) is 11.6 Å². The monoisotopic (exact) mass is 269 g/mol. The van der Waals surface area contributed by atoms with Crippen molar-refractivity contribution in [2.75, 3.05) is 0 Å². The zero-order valence-corrected chi connectivity index (χ0v) is 8.87. The zero-order chi connectivity index (χ0) is 8.55. The number of fused-ring (bicyclic) bond motifs is 1. The van der Waals surface area contributed by atoms with E-state index in [0.29, 0.717) is 0 Å². The molecule has 60 valence electrons. The molecule has 0 aliphatic rings. The highest BCUT2D eigenvalue weighted by Gasteiger charge is 1.94. The summed E-state index contributed by atoms with van der Waals surface area (Å²) in [7, 11) is 0. The van der Waals surface area contributed by atoms with Crippen LogP contribution in [0.5, 0.6) is 0 Å². The highest BCUT2D eigenvalue weighted by atomic mass is 127. The first-order valence-corrected chi connectivity index (χ1v) is 4.85. The molecule has 2 rings (SSSR count). The number of hydrogen-bond donors (Lipinski definition) is 0. The summed E-state index contributed by atoms with van der Waals surface area (Å²) in [5, 5.41) is 2.48. The Balaban J connectivity index is 2.79. The van der Waals surface area contributed by atoms with Crippen molar-refractivity contribution < 1.29 is 0 Å². The number of pyridine rings is 1. The second-order valence-electron chi connectivity index (χ2n) is 2.86. The molecule has 0 N–H and O–H groups in total. The Hall–Kier alpha value is -0.640. The lowest BCUT2D eigenvalue weighted by atomic mass is 10.1. The van der Waals surface area contributed by atoms with Crippen molar-refractivity contribution in [3.05, 3.63) is 39.7 Å². The fourth-order valence-corrected chi connectivity index (χ4v) is 1.71. The number of hydrogen-bond acceptors (Lipinski definition) is 1. The molecule has 1 aromatic carbocycles. The minimum Gasteiger partial charge on any atom is -0.250 e. The summed E-state index contributed by atoms with van der Waals surface area (Å²) in [6, 6.07) is 8.50. The Morgan fingerprint density at radius 2 is 2.00 bits per heavy atom. The Morgan fingerprint density at radius 3 is 2.83 bits per heavy atom. The normalized spacial score (nSPS) is 10.5. The van der Waals surface area contributed by atoms with E-state index >= 15 is 0 Å². The zero-order valence-electron chi connectivity index (χ0n) is 6.71. The van der Waals surface area contributed by atoms with E-state index < -0.39 is 0 Å². The average molecular weight is 269 g/mol. The number of nitrogens with zero attached hydrogens (tertiary/aromatic N) is 1. The highest BCUT2D eigenvalue weighted by Crippen LogP contribution is 2.16. The summed E-state index contributed by atoms with van der Waals surface area (Å²) in [5.74, 6) is 0. The first kappa shape index (κ1) is 7.98. The van der Waals surface area contributed by atoms with Crippen LogP contribution >= 0.6 is 22.6 Å². The smallest absolute Gasteiger partial charge is 0.101 e. The molecule has 0 unspecified atom stereocenters. The van der Waals surface area contributed by atoms with E-state index in [1.54, 1.807) is 0 Å². The van der Waals surface area contributed by atoms with Crippen LogP contribution in [-0.2, 0) is 0 Å². The Labute approximate surface area is 85.0 Å². The molecule has 0 saturated carbocycles. The second kappa shape index (κ2) is 3.01. The summed E-state index contributed by atoms with van der Waals surface area (Å²) < 4.78 is 1.05. The molecule has 0 saturated heterocycles. The van der Waals surface area contributed by atoms with Crippen molar-refractivity contribution in [2.24, 2.45) is 0 Å². The van der Waals surface area contributed by atoms with Crippen molar-refractivity contribution in [1.82, 2.24) is 4.98 Å². The van der Waals surface area contributed by atoms with Crippen molar-refractivity contribution in [3.8, 4) is 0 Å². The number of aryl methyl sites for hydroxylation is 1. The van der Waals surface area contributed by atoms with E-state index in [0.717, 1.165) is 3.70 Å².